The molecule has 0 saturated carbocycles. The summed E-state index contributed by atoms with van der Waals surface area (Å²) in [6.45, 7) is 4.25. The van der Waals surface area contributed by atoms with Gasteiger partial charge >= 0.3 is 0 Å². The second-order valence-corrected chi connectivity index (χ2v) is 6.29. The van der Waals surface area contributed by atoms with Gasteiger partial charge in [0.15, 0.2) is 0 Å². The zero-order valence-corrected chi connectivity index (χ0v) is 14.6. The van der Waals surface area contributed by atoms with Crippen LogP contribution in [0.15, 0.2) is 40.9 Å². The topological polar surface area (TPSA) is 21.3 Å². The number of nitrogens with one attached hydrogen (secondary N) is 1. The Kier molecular flexibility index (Phi) is 5.43. The van der Waals surface area contributed by atoms with Gasteiger partial charge in [0.05, 0.1) is 7.11 Å². The van der Waals surface area contributed by atoms with Crippen LogP contribution in [0.4, 0.5) is 0 Å². The predicted octanol–water partition coefficient (Wildman–Crippen LogP) is 4.58. The molecule has 3 heteroatoms. The Morgan fingerprint density at radius 2 is 1.95 bits per heavy atom. The summed E-state index contributed by atoms with van der Waals surface area (Å²) >= 11 is 3.54. The number of hydrogen-bond acceptors (Lipinski definition) is 2. The molecule has 1 atom stereocenters. The van der Waals surface area contributed by atoms with Crippen LogP contribution in [0.3, 0.4) is 0 Å². The van der Waals surface area contributed by atoms with Gasteiger partial charge in [-0.15, -0.1) is 0 Å². The highest BCUT2D eigenvalue weighted by atomic mass is 79.9. The number of ether oxygens (including phenoxy) is 1. The smallest absolute Gasteiger partial charge is 0.124 e. The summed E-state index contributed by atoms with van der Waals surface area (Å²) in [5, 5.41) is 3.43. The lowest BCUT2D eigenvalue weighted by molar-refractivity contribution is 0.400. The third-order valence-electron chi connectivity index (χ3n) is 3.74. The molecule has 0 fully saturated rings. The molecule has 0 aliphatic heterocycles. The maximum absolute atomic E-state index is 5.60. The molecule has 2 aromatic rings. The predicted molar refractivity (Wildman–Crippen MR) is 92.1 cm³/mol. The lowest BCUT2D eigenvalue weighted by Crippen LogP contribution is -2.20. The first-order valence-electron chi connectivity index (χ1n) is 7.12. The quantitative estimate of drug-likeness (QED) is 0.854. The van der Waals surface area contributed by atoms with Crippen LogP contribution in [0.2, 0.25) is 0 Å². The largest absolute Gasteiger partial charge is 0.496 e. The highest BCUT2D eigenvalue weighted by molar-refractivity contribution is 9.10. The minimum absolute atomic E-state index is 0.231. The van der Waals surface area contributed by atoms with Gasteiger partial charge in [-0.25, -0.2) is 0 Å². The molecule has 0 bridgehead atoms. The number of aryl methyl sites for hydroxylation is 2. The Balaban J connectivity index is 2.37. The van der Waals surface area contributed by atoms with E-state index in [4.69, 9.17) is 4.74 Å². The van der Waals surface area contributed by atoms with E-state index in [0.717, 1.165) is 16.6 Å². The van der Waals surface area contributed by atoms with Crippen molar-refractivity contribution in [2.45, 2.75) is 26.3 Å². The van der Waals surface area contributed by atoms with E-state index in [9.17, 15) is 0 Å². The average molecular weight is 348 g/mol. The van der Waals surface area contributed by atoms with Crippen LogP contribution >= 0.6 is 15.9 Å². The Hall–Kier alpha value is -1.32. The number of benzene rings is 2. The summed E-state index contributed by atoms with van der Waals surface area (Å²) < 4.78 is 6.72. The highest BCUT2D eigenvalue weighted by Gasteiger charge is 2.18. The van der Waals surface area contributed by atoms with Crippen molar-refractivity contribution < 1.29 is 4.74 Å². The zero-order valence-electron chi connectivity index (χ0n) is 13.0. The molecule has 0 heterocycles. The van der Waals surface area contributed by atoms with E-state index in [0.29, 0.717) is 0 Å². The monoisotopic (exact) mass is 347 g/mol. The minimum atomic E-state index is 0.231. The van der Waals surface area contributed by atoms with Gasteiger partial charge in [-0.05, 0) is 62.2 Å². The Labute approximate surface area is 135 Å². The van der Waals surface area contributed by atoms with Crippen LogP contribution in [0.25, 0.3) is 0 Å². The van der Waals surface area contributed by atoms with Crippen LogP contribution in [0.1, 0.15) is 28.3 Å². The van der Waals surface area contributed by atoms with Crippen molar-refractivity contribution in [3.8, 4) is 5.75 Å². The van der Waals surface area contributed by atoms with Gasteiger partial charge in [0.1, 0.15) is 5.75 Å². The van der Waals surface area contributed by atoms with Crippen molar-refractivity contribution in [3.63, 3.8) is 0 Å². The molecule has 0 radical (unpaired) electrons. The molecule has 2 rings (SSSR count). The van der Waals surface area contributed by atoms with Crippen molar-refractivity contribution >= 4 is 15.9 Å². The molecule has 112 valence electrons. The summed E-state index contributed by atoms with van der Waals surface area (Å²) in [5.41, 5.74) is 5.03. The van der Waals surface area contributed by atoms with E-state index in [1.54, 1.807) is 7.11 Å². The molecule has 1 N–H and O–H groups in total. The number of rotatable bonds is 5. The van der Waals surface area contributed by atoms with Gasteiger partial charge in [0, 0.05) is 16.1 Å². The first-order valence-corrected chi connectivity index (χ1v) is 7.91. The van der Waals surface area contributed by atoms with E-state index < -0.39 is 0 Å². The molecular weight excluding hydrogens is 326 g/mol. The number of halogens is 1. The van der Waals surface area contributed by atoms with Crippen LogP contribution in [-0.4, -0.2) is 14.2 Å². The number of methoxy groups -OCH3 is 1. The first kappa shape index (κ1) is 16.1. The van der Waals surface area contributed by atoms with Gasteiger partial charge in [0.2, 0.25) is 0 Å². The van der Waals surface area contributed by atoms with E-state index in [-0.39, 0.29) is 6.04 Å². The molecule has 2 aromatic carbocycles. The van der Waals surface area contributed by atoms with Gasteiger partial charge in [-0.1, -0.05) is 34.1 Å². The summed E-state index contributed by atoms with van der Waals surface area (Å²) in [4.78, 5) is 0. The fourth-order valence-corrected chi connectivity index (χ4v) is 3.25. The van der Waals surface area contributed by atoms with Crippen LogP contribution in [0.5, 0.6) is 5.75 Å². The normalized spacial score (nSPS) is 12.2. The summed E-state index contributed by atoms with van der Waals surface area (Å²) in [5.74, 6) is 0.960. The Bertz CT molecular complexity index is 625. The fraction of sp³-hybridized carbons (Fsp3) is 0.333. The van der Waals surface area contributed by atoms with Crippen LogP contribution in [0, 0.1) is 13.8 Å². The van der Waals surface area contributed by atoms with Crippen LogP contribution < -0.4 is 10.1 Å². The summed E-state index contributed by atoms with van der Waals surface area (Å²) in [6, 6.07) is 13.0. The number of hydrogen-bond donors (Lipinski definition) is 1. The second kappa shape index (κ2) is 7.10. The maximum atomic E-state index is 5.60. The second-order valence-electron chi connectivity index (χ2n) is 5.37. The molecule has 0 amide bonds. The minimum Gasteiger partial charge on any atom is -0.496 e. The zero-order chi connectivity index (χ0) is 15.4. The first-order chi connectivity index (χ1) is 10.0. The van der Waals surface area contributed by atoms with Crippen molar-refractivity contribution in [2.75, 3.05) is 14.2 Å². The van der Waals surface area contributed by atoms with E-state index in [1.165, 1.54) is 22.3 Å². The molecular formula is C18H22BrNO. The lowest BCUT2D eigenvalue weighted by Gasteiger charge is -2.22. The van der Waals surface area contributed by atoms with E-state index >= 15 is 0 Å². The molecule has 0 saturated heterocycles. The third-order valence-corrected chi connectivity index (χ3v) is 4.23. The Morgan fingerprint density at radius 3 is 2.57 bits per heavy atom. The molecule has 21 heavy (non-hydrogen) atoms. The van der Waals surface area contributed by atoms with Gasteiger partial charge in [-0.2, -0.15) is 0 Å². The van der Waals surface area contributed by atoms with Gasteiger partial charge in [0.25, 0.3) is 0 Å². The molecule has 0 aliphatic rings. The molecule has 2 nitrogen and oxygen atoms in total. The summed E-state index contributed by atoms with van der Waals surface area (Å²) in [6.07, 6.45) is 0.927. The van der Waals surface area contributed by atoms with Crippen molar-refractivity contribution in [2.24, 2.45) is 0 Å². The molecule has 0 spiro atoms. The highest BCUT2D eigenvalue weighted by Crippen LogP contribution is 2.32. The maximum Gasteiger partial charge on any atom is 0.124 e. The standard InChI is InChI=1S/C18H22BrNO/c1-12-8-13(2)18(17(9-12)21-4)16(20-3)11-14-6-5-7-15(19)10-14/h5-10,16,20H,11H2,1-4H3. The van der Waals surface area contributed by atoms with Crippen LogP contribution in [-0.2, 0) is 6.42 Å². The van der Waals surface area contributed by atoms with Gasteiger partial charge < -0.3 is 10.1 Å². The lowest BCUT2D eigenvalue weighted by atomic mass is 9.93. The number of likely N-dealkylation sites (N-methyl/N-ethyl adjacent to an activating group) is 1. The Morgan fingerprint density at radius 1 is 1.19 bits per heavy atom. The molecule has 1 unspecified atom stereocenters. The van der Waals surface area contributed by atoms with Crippen molar-refractivity contribution in [1.29, 1.82) is 0 Å². The van der Waals surface area contributed by atoms with Crippen molar-refractivity contribution in [1.82, 2.24) is 5.32 Å². The summed E-state index contributed by atoms with van der Waals surface area (Å²) in [7, 11) is 3.74. The molecule has 0 aliphatic carbocycles. The van der Waals surface area contributed by atoms with E-state index in [2.05, 4.69) is 71.5 Å². The SMILES string of the molecule is CNC(Cc1cccc(Br)c1)c1c(C)cc(C)cc1OC. The van der Waals surface area contributed by atoms with Gasteiger partial charge in [-0.3, -0.25) is 0 Å². The average Bonchev–Trinajstić information content (AvgIpc) is 2.44. The molecule has 0 aromatic heterocycles. The fourth-order valence-electron chi connectivity index (χ4n) is 2.80. The third kappa shape index (κ3) is 3.86. The van der Waals surface area contributed by atoms with E-state index in [1.807, 2.05) is 7.05 Å². The van der Waals surface area contributed by atoms with Crippen molar-refractivity contribution in [3.05, 3.63) is 63.1 Å².